The van der Waals surface area contributed by atoms with Gasteiger partial charge in [-0.3, -0.25) is 4.79 Å². The fraction of sp³-hybridized carbons (Fsp3) is 0.321. The van der Waals surface area contributed by atoms with Crippen LogP contribution in [-0.4, -0.2) is 19.0 Å². The average molecular weight is 445 g/mol. The van der Waals surface area contributed by atoms with Crippen molar-refractivity contribution in [2.24, 2.45) is 5.92 Å². The van der Waals surface area contributed by atoms with Crippen LogP contribution in [0.15, 0.2) is 83.8 Å². The van der Waals surface area contributed by atoms with E-state index in [0.717, 1.165) is 40.8 Å². The molecule has 1 amide bonds. The number of rotatable bonds is 7. The summed E-state index contributed by atoms with van der Waals surface area (Å²) in [5, 5.41) is 3.19. The lowest BCUT2D eigenvalue weighted by atomic mass is 9.98. The fourth-order valence-electron chi connectivity index (χ4n) is 4.11. The first-order chi connectivity index (χ1) is 15.6. The number of hydrogen-bond acceptors (Lipinski definition) is 3. The summed E-state index contributed by atoms with van der Waals surface area (Å²) in [5.41, 5.74) is 4.40. The first-order valence-corrected chi connectivity index (χ1v) is 12.5. The van der Waals surface area contributed by atoms with Crippen molar-refractivity contribution in [3.63, 3.8) is 0 Å². The predicted molar refractivity (Wildman–Crippen MR) is 135 cm³/mol. The van der Waals surface area contributed by atoms with Crippen molar-refractivity contribution in [2.45, 2.75) is 43.4 Å². The van der Waals surface area contributed by atoms with Gasteiger partial charge in [-0.2, -0.15) is 0 Å². The van der Waals surface area contributed by atoms with E-state index in [1.165, 1.54) is 24.1 Å². The maximum Gasteiger partial charge on any atom is 0.252 e. The number of carbonyl (C=O) groups excluding carboxylic acids is 1. The molecule has 1 aliphatic heterocycles. The molecule has 4 rings (SSSR count). The van der Waals surface area contributed by atoms with Crippen molar-refractivity contribution in [3.8, 4) is 0 Å². The minimum Gasteiger partial charge on any atom is -0.372 e. The van der Waals surface area contributed by atoms with Gasteiger partial charge in [-0.15, -0.1) is 11.8 Å². The van der Waals surface area contributed by atoms with Crippen LogP contribution in [0, 0.1) is 5.92 Å². The van der Waals surface area contributed by atoms with Crippen molar-refractivity contribution in [1.82, 2.24) is 5.32 Å². The monoisotopic (exact) mass is 444 g/mol. The average Bonchev–Trinajstić information content (AvgIpc) is 2.84. The summed E-state index contributed by atoms with van der Waals surface area (Å²) in [6, 6.07) is 26.9. The lowest BCUT2D eigenvalue weighted by Gasteiger charge is -2.32. The van der Waals surface area contributed by atoms with E-state index in [9.17, 15) is 4.79 Å². The van der Waals surface area contributed by atoms with Crippen molar-refractivity contribution in [3.05, 3.63) is 95.6 Å². The Hall–Kier alpha value is -2.72. The number of hydrogen-bond donors (Lipinski definition) is 1. The van der Waals surface area contributed by atoms with Gasteiger partial charge in [0, 0.05) is 29.4 Å². The number of thioether (sulfide) groups is 1. The highest BCUT2D eigenvalue weighted by atomic mass is 32.2. The van der Waals surface area contributed by atoms with Gasteiger partial charge in [-0.1, -0.05) is 61.5 Å². The molecule has 1 fully saturated rings. The van der Waals surface area contributed by atoms with Gasteiger partial charge in [0.2, 0.25) is 0 Å². The molecule has 3 nitrogen and oxygen atoms in total. The molecule has 0 saturated carbocycles. The fourth-order valence-corrected chi connectivity index (χ4v) is 5.12. The van der Waals surface area contributed by atoms with E-state index in [1.54, 1.807) is 11.8 Å². The highest BCUT2D eigenvalue weighted by Gasteiger charge is 2.18. The van der Waals surface area contributed by atoms with E-state index in [4.69, 9.17) is 0 Å². The zero-order valence-corrected chi connectivity index (χ0v) is 19.8. The second-order valence-corrected chi connectivity index (χ2v) is 9.74. The second-order valence-electron chi connectivity index (χ2n) is 8.73. The third kappa shape index (κ3) is 5.74. The summed E-state index contributed by atoms with van der Waals surface area (Å²) >= 11 is 1.70. The Morgan fingerprint density at radius 2 is 1.62 bits per heavy atom. The van der Waals surface area contributed by atoms with E-state index in [0.29, 0.717) is 0 Å². The summed E-state index contributed by atoms with van der Waals surface area (Å²) in [7, 11) is 0. The minimum atomic E-state index is -0.0508. The van der Waals surface area contributed by atoms with Gasteiger partial charge < -0.3 is 10.2 Å². The van der Waals surface area contributed by atoms with Gasteiger partial charge >= 0.3 is 0 Å². The van der Waals surface area contributed by atoms with Crippen molar-refractivity contribution < 1.29 is 4.79 Å². The summed E-state index contributed by atoms with van der Waals surface area (Å²) in [5.74, 6) is 1.65. The summed E-state index contributed by atoms with van der Waals surface area (Å²) in [4.78, 5) is 16.5. The topological polar surface area (TPSA) is 32.3 Å². The third-order valence-electron chi connectivity index (χ3n) is 6.26. The number of nitrogens with zero attached hydrogens (tertiary/aromatic N) is 1. The first kappa shape index (κ1) is 22.5. The maximum absolute atomic E-state index is 13.1. The summed E-state index contributed by atoms with van der Waals surface area (Å²) < 4.78 is 0. The molecule has 32 heavy (non-hydrogen) atoms. The van der Waals surface area contributed by atoms with Crippen LogP contribution in [0.4, 0.5) is 5.69 Å². The van der Waals surface area contributed by atoms with Crippen LogP contribution in [0.1, 0.15) is 54.2 Å². The number of anilines is 1. The zero-order valence-electron chi connectivity index (χ0n) is 19.0. The zero-order chi connectivity index (χ0) is 22.3. The molecule has 0 radical (unpaired) electrons. The van der Waals surface area contributed by atoms with Crippen molar-refractivity contribution in [1.29, 1.82) is 0 Å². The molecule has 4 heteroatoms. The molecule has 0 aromatic heterocycles. The first-order valence-electron chi connectivity index (χ1n) is 11.5. The van der Waals surface area contributed by atoms with Gasteiger partial charge in [0.05, 0.1) is 11.6 Å². The van der Waals surface area contributed by atoms with Gasteiger partial charge in [-0.25, -0.2) is 0 Å². The molecule has 1 saturated heterocycles. The van der Waals surface area contributed by atoms with Gasteiger partial charge in [-0.05, 0) is 61.1 Å². The molecule has 1 heterocycles. The lowest BCUT2D eigenvalue weighted by Crippen LogP contribution is -2.32. The molecule has 0 bridgehead atoms. The second kappa shape index (κ2) is 10.7. The SMILES string of the molecule is CC1CCN(c2ccc([C@@H](C)NC(=O)c3ccccc3SCc3ccccc3)cc2)CC1. The van der Waals surface area contributed by atoms with E-state index in [1.807, 2.05) is 42.5 Å². The van der Waals surface area contributed by atoms with E-state index in [-0.39, 0.29) is 11.9 Å². The van der Waals surface area contributed by atoms with Crippen LogP contribution in [-0.2, 0) is 5.75 Å². The Bertz CT molecular complexity index is 1010. The molecule has 1 aliphatic rings. The normalized spacial score (nSPS) is 15.4. The van der Waals surface area contributed by atoms with Gasteiger partial charge in [0.15, 0.2) is 0 Å². The Morgan fingerprint density at radius 1 is 0.969 bits per heavy atom. The predicted octanol–water partition coefficient (Wildman–Crippen LogP) is 6.71. The van der Waals surface area contributed by atoms with E-state index < -0.39 is 0 Å². The highest BCUT2D eigenvalue weighted by molar-refractivity contribution is 7.98. The molecule has 0 unspecified atom stereocenters. The number of benzene rings is 3. The molecule has 0 aliphatic carbocycles. The number of nitrogens with one attached hydrogen (secondary N) is 1. The molecule has 1 N–H and O–H groups in total. The highest BCUT2D eigenvalue weighted by Crippen LogP contribution is 2.28. The number of amides is 1. The largest absolute Gasteiger partial charge is 0.372 e. The van der Waals surface area contributed by atoms with Gasteiger partial charge in [0.25, 0.3) is 5.91 Å². The summed E-state index contributed by atoms with van der Waals surface area (Å²) in [6.07, 6.45) is 2.52. The van der Waals surface area contributed by atoms with Crippen LogP contribution in [0.5, 0.6) is 0 Å². The maximum atomic E-state index is 13.1. The Labute approximate surface area is 196 Å². The Balaban J connectivity index is 1.38. The van der Waals surface area contributed by atoms with Crippen LogP contribution < -0.4 is 10.2 Å². The quantitative estimate of drug-likeness (QED) is 0.411. The van der Waals surface area contributed by atoms with E-state index >= 15 is 0 Å². The number of carbonyl (C=O) groups is 1. The standard InChI is InChI=1S/C28H32N2OS/c1-21-16-18-30(19-17-21)25-14-12-24(13-15-25)22(2)29-28(31)26-10-6-7-11-27(26)32-20-23-8-4-3-5-9-23/h3-15,21-22H,16-20H2,1-2H3,(H,29,31)/t22-/m1/s1. The molecular weight excluding hydrogens is 412 g/mol. The van der Waals surface area contributed by atoms with E-state index in [2.05, 4.69) is 60.5 Å². The molecule has 1 atom stereocenters. The van der Waals surface area contributed by atoms with Crippen LogP contribution in [0.3, 0.4) is 0 Å². The van der Waals surface area contributed by atoms with Crippen LogP contribution in [0.2, 0.25) is 0 Å². The third-order valence-corrected chi connectivity index (χ3v) is 7.40. The lowest BCUT2D eigenvalue weighted by molar-refractivity contribution is 0.0937. The van der Waals surface area contributed by atoms with Crippen LogP contribution >= 0.6 is 11.8 Å². The van der Waals surface area contributed by atoms with Gasteiger partial charge in [0.1, 0.15) is 0 Å². The minimum absolute atomic E-state index is 0.0252. The van der Waals surface area contributed by atoms with Crippen molar-refractivity contribution in [2.75, 3.05) is 18.0 Å². The van der Waals surface area contributed by atoms with Crippen LogP contribution in [0.25, 0.3) is 0 Å². The Kier molecular flexibility index (Phi) is 7.54. The van der Waals surface area contributed by atoms with Crippen molar-refractivity contribution >= 4 is 23.4 Å². The Morgan fingerprint density at radius 3 is 2.34 bits per heavy atom. The molecule has 3 aromatic rings. The summed E-state index contributed by atoms with van der Waals surface area (Å²) in [6.45, 7) is 6.65. The smallest absolute Gasteiger partial charge is 0.252 e. The molecule has 0 spiro atoms. The molecule has 3 aromatic carbocycles. The number of piperidine rings is 1. The molecule has 166 valence electrons. The molecular formula is C28H32N2OS.